The van der Waals surface area contributed by atoms with Crippen LogP contribution in [-0.2, 0) is 4.79 Å². The summed E-state index contributed by atoms with van der Waals surface area (Å²) in [6, 6.07) is 0. The van der Waals surface area contributed by atoms with Gasteiger partial charge in [0.1, 0.15) is 5.41 Å². The Hall–Kier alpha value is -0.100. The minimum atomic E-state index is -4.92. The molecule has 0 aromatic rings. The van der Waals surface area contributed by atoms with Crippen LogP contribution in [0.5, 0.6) is 0 Å². The lowest BCUT2D eigenvalue weighted by atomic mass is 9.88. The van der Waals surface area contributed by atoms with Gasteiger partial charge in [-0.1, -0.05) is 0 Å². The summed E-state index contributed by atoms with van der Waals surface area (Å²) in [6.07, 6.45) is -10.5. The molecule has 0 rings (SSSR count). The fourth-order valence-corrected chi connectivity index (χ4v) is 1.37. The van der Waals surface area contributed by atoms with Crippen LogP contribution in [0.4, 0.5) is 22.0 Å². The van der Waals surface area contributed by atoms with Gasteiger partial charge in [0.15, 0.2) is 0 Å². The Kier molecular flexibility index (Phi) is 4.58. The van der Waals surface area contributed by atoms with E-state index >= 15 is 0 Å². The van der Waals surface area contributed by atoms with E-state index in [9.17, 15) is 26.7 Å². The average Bonchev–Trinajstić information content (AvgIpc) is 1.97. The average molecular weight is 259 g/mol. The third-order valence-corrected chi connectivity index (χ3v) is 2.42. The second-order valence-corrected chi connectivity index (χ2v) is 3.27. The molecule has 0 radical (unpaired) electrons. The van der Waals surface area contributed by atoms with Gasteiger partial charge in [-0.15, -0.1) is 11.6 Å². The summed E-state index contributed by atoms with van der Waals surface area (Å²) in [6.45, 7) is 0. The molecule has 0 fully saturated rings. The van der Waals surface area contributed by atoms with Crippen molar-refractivity contribution in [3.05, 3.63) is 0 Å². The summed E-state index contributed by atoms with van der Waals surface area (Å²) in [7, 11) is 0. The van der Waals surface area contributed by atoms with Gasteiger partial charge >= 0.3 is 6.18 Å². The van der Waals surface area contributed by atoms with Crippen molar-refractivity contribution in [2.24, 2.45) is 5.41 Å². The van der Waals surface area contributed by atoms with Gasteiger partial charge in [-0.05, 0) is 11.6 Å². The topological polar surface area (TPSA) is 17.1 Å². The van der Waals surface area contributed by atoms with Crippen LogP contribution in [-0.4, -0.2) is 23.7 Å². The summed E-state index contributed by atoms with van der Waals surface area (Å²) in [5.74, 6) is -1.17. The quantitative estimate of drug-likeness (QED) is 0.430. The molecule has 8 heteroatoms. The zero-order chi connectivity index (χ0) is 11.6. The molecule has 0 saturated heterocycles. The summed E-state index contributed by atoms with van der Waals surface area (Å²) < 4.78 is 60.1. The Morgan fingerprint density at radius 3 is 1.79 bits per heavy atom. The third-order valence-electron chi connectivity index (χ3n) is 1.56. The molecule has 1 unspecified atom stereocenters. The normalized spacial score (nSPS) is 16.9. The molecule has 0 aliphatic rings. The first-order valence-corrected chi connectivity index (χ1v) is 4.18. The highest BCUT2D eigenvalue weighted by atomic mass is 35.5. The van der Waals surface area contributed by atoms with E-state index < -0.39 is 35.6 Å². The molecule has 0 aliphatic heterocycles. The molecule has 1 atom stereocenters. The van der Waals surface area contributed by atoms with Crippen LogP contribution in [0.2, 0.25) is 0 Å². The Morgan fingerprint density at radius 1 is 1.29 bits per heavy atom. The minimum absolute atomic E-state index is 1.17. The lowest BCUT2D eigenvalue weighted by Crippen LogP contribution is -2.41. The second-order valence-electron chi connectivity index (χ2n) is 2.66. The largest absolute Gasteiger partial charge is 0.390 e. The third kappa shape index (κ3) is 3.24. The van der Waals surface area contributed by atoms with Crippen molar-refractivity contribution in [1.29, 1.82) is 0 Å². The standard InChI is InChI=1S/C6H5Cl2F5O/c7-2-5(3(8)14,4(9)10)1-6(11,12)13/h4H,1-2H2. The van der Waals surface area contributed by atoms with Gasteiger partial charge in [0, 0.05) is 5.88 Å². The molecule has 14 heavy (non-hydrogen) atoms. The lowest BCUT2D eigenvalue weighted by Gasteiger charge is -2.27. The van der Waals surface area contributed by atoms with Gasteiger partial charge in [0.25, 0.3) is 6.43 Å². The van der Waals surface area contributed by atoms with E-state index in [0.29, 0.717) is 0 Å². The van der Waals surface area contributed by atoms with Crippen LogP contribution in [0.3, 0.4) is 0 Å². The van der Waals surface area contributed by atoms with E-state index in [1.54, 1.807) is 0 Å². The first-order chi connectivity index (χ1) is 6.15. The zero-order valence-corrected chi connectivity index (χ0v) is 8.06. The fourth-order valence-electron chi connectivity index (χ4n) is 0.748. The predicted molar refractivity (Wildman–Crippen MR) is 40.7 cm³/mol. The van der Waals surface area contributed by atoms with Gasteiger partial charge in [-0.3, -0.25) is 4.79 Å². The number of alkyl halides is 6. The Bertz CT molecular complexity index is 217. The first kappa shape index (κ1) is 13.9. The highest BCUT2D eigenvalue weighted by Crippen LogP contribution is 2.41. The predicted octanol–water partition coefficient (Wildman–Crippen LogP) is 3.19. The monoisotopic (exact) mass is 258 g/mol. The van der Waals surface area contributed by atoms with Gasteiger partial charge in [0.05, 0.1) is 6.42 Å². The Morgan fingerprint density at radius 2 is 1.71 bits per heavy atom. The van der Waals surface area contributed by atoms with Crippen LogP contribution in [0.15, 0.2) is 0 Å². The molecule has 0 aliphatic carbocycles. The number of hydrogen-bond donors (Lipinski definition) is 0. The van der Waals surface area contributed by atoms with Gasteiger partial charge in [0.2, 0.25) is 5.24 Å². The van der Waals surface area contributed by atoms with E-state index in [1.807, 2.05) is 0 Å². The number of carbonyl (C=O) groups excluding carboxylic acids is 1. The molecule has 0 saturated carbocycles. The molecular formula is C6H5Cl2F5O. The molecule has 84 valence electrons. The number of rotatable bonds is 4. The molecule has 0 amide bonds. The van der Waals surface area contributed by atoms with Crippen molar-refractivity contribution in [3.8, 4) is 0 Å². The maximum atomic E-state index is 12.2. The van der Waals surface area contributed by atoms with E-state index in [4.69, 9.17) is 23.2 Å². The second kappa shape index (κ2) is 4.61. The highest BCUT2D eigenvalue weighted by Gasteiger charge is 2.53. The maximum Gasteiger partial charge on any atom is 0.390 e. The smallest absolute Gasteiger partial charge is 0.280 e. The summed E-state index contributed by atoms with van der Waals surface area (Å²) in [5, 5.41) is -1.78. The minimum Gasteiger partial charge on any atom is -0.280 e. The molecule has 0 aromatic heterocycles. The fraction of sp³-hybridized carbons (Fsp3) is 0.833. The number of halogens is 7. The molecule has 0 heterocycles. The van der Waals surface area contributed by atoms with Gasteiger partial charge < -0.3 is 0 Å². The van der Waals surface area contributed by atoms with Crippen molar-refractivity contribution >= 4 is 28.4 Å². The summed E-state index contributed by atoms with van der Waals surface area (Å²) in [4.78, 5) is 10.5. The van der Waals surface area contributed by atoms with E-state index in [1.165, 1.54) is 0 Å². The molecule has 0 N–H and O–H groups in total. The van der Waals surface area contributed by atoms with Crippen LogP contribution in [0.1, 0.15) is 6.42 Å². The molecular weight excluding hydrogens is 254 g/mol. The Labute approximate surface area is 86.2 Å². The van der Waals surface area contributed by atoms with E-state index in [2.05, 4.69) is 0 Å². The molecule has 0 spiro atoms. The van der Waals surface area contributed by atoms with Crippen LogP contribution >= 0.6 is 23.2 Å². The van der Waals surface area contributed by atoms with Crippen molar-refractivity contribution in [1.82, 2.24) is 0 Å². The lowest BCUT2D eigenvalue weighted by molar-refractivity contribution is -0.177. The SMILES string of the molecule is O=C(Cl)C(CCl)(CC(F)(F)F)C(F)F. The van der Waals surface area contributed by atoms with Crippen LogP contribution in [0.25, 0.3) is 0 Å². The van der Waals surface area contributed by atoms with Gasteiger partial charge in [-0.25, -0.2) is 8.78 Å². The van der Waals surface area contributed by atoms with Crippen molar-refractivity contribution in [3.63, 3.8) is 0 Å². The van der Waals surface area contributed by atoms with E-state index in [0.717, 1.165) is 0 Å². The Balaban J connectivity index is 4.97. The first-order valence-electron chi connectivity index (χ1n) is 3.26. The van der Waals surface area contributed by atoms with Crippen molar-refractivity contribution in [2.45, 2.75) is 19.0 Å². The van der Waals surface area contributed by atoms with Crippen LogP contribution < -0.4 is 0 Å². The highest BCUT2D eigenvalue weighted by molar-refractivity contribution is 6.65. The molecule has 0 aromatic carbocycles. The molecule has 1 nitrogen and oxygen atoms in total. The number of hydrogen-bond acceptors (Lipinski definition) is 1. The number of carbonyl (C=O) groups is 1. The van der Waals surface area contributed by atoms with Crippen molar-refractivity contribution in [2.75, 3.05) is 5.88 Å². The van der Waals surface area contributed by atoms with E-state index in [-0.39, 0.29) is 0 Å². The maximum absolute atomic E-state index is 12.2. The van der Waals surface area contributed by atoms with Crippen molar-refractivity contribution < 1.29 is 26.7 Å². The van der Waals surface area contributed by atoms with Gasteiger partial charge in [-0.2, -0.15) is 13.2 Å². The van der Waals surface area contributed by atoms with Crippen LogP contribution in [0, 0.1) is 5.41 Å². The summed E-state index contributed by atoms with van der Waals surface area (Å²) in [5.41, 5.74) is -3.04. The molecule has 0 bridgehead atoms. The zero-order valence-electron chi connectivity index (χ0n) is 6.55. The summed E-state index contributed by atoms with van der Waals surface area (Å²) >= 11 is 9.63.